The Hall–Kier alpha value is -1.46. The average Bonchev–Trinajstić information content (AvgIpc) is 2.73. The fourth-order valence-corrected chi connectivity index (χ4v) is 2.83. The Morgan fingerprint density at radius 3 is 2.42 bits per heavy atom. The van der Waals surface area contributed by atoms with Crippen LogP contribution in [0.3, 0.4) is 0 Å². The van der Waals surface area contributed by atoms with E-state index in [1.807, 2.05) is 13.1 Å². The second-order valence-electron chi connectivity index (χ2n) is 4.65. The van der Waals surface area contributed by atoms with Crippen LogP contribution in [-0.4, -0.2) is 40.0 Å². The highest BCUT2D eigenvalue weighted by molar-refractivity contribution is 5.62. The highest BCUT2D eigenvalue weighted by Gasteiger charge is 2.35. The summed E-state index contributed by atoms with van der Waals surface area (Å²) in [6, 6.07) is 1.94. The SMILES string of the molecule is CNCC1CC(O)c2c1cc(OC)c(OC)c2OC. The molecule has 0 saturated heterocycles. The zero-order valence-corrected chi connectivity index (χ0v) is 11.8. The fraction of sp³-hybridized carbons (Fsp3) is 0.571. The predicted octanol–water partition coefficient (Wildman–Crippen LogP) is 1.45. The third-order valence-electron chi connectivity index (χ3n) is 3.63. The molecular weight excluding hydrogens is 246 g/mol. The Kier molecular flexibility index (Phi) is 4.17. The molecule has 0 amide bonds. The molecule has 106 valence electrons. The van der Waals surface area contributed by atoms with Gasteiger partial charge in [0.2, 0.25) is 5.75 Å². The number of aliphatic hydroxyl groups excluding tert-OH is 1. The van der Waals surface area contributed by atoms with Gasteiger partial charge in [-0.1, -0.05) is 0 Å². The van der Waals surface area contributed by atoms with Crippen LogP contribution in [0.15, 0.2) is 6.07 Å². The number of hydrogen-bond acceptors (Lipinski definition) is 5. The summed E-state index contributed by atoms with van der Waals surface area (Å²) in [5.74, 6) is 1.99. The number of hydrogen-bond donors (Lipinski definition) is 2. The molecule has 1 aliphatic rings. The molecule has 1 aromatic rings. The lowest BCUT2D eigenvalue weighted by Crippen LogP contribution is -2.15. The first-order valence-corrected chi connectivity index (χ1v) is 6.33. The van der Waals surface area contributed by atoms with E-state index in [0.29, 0.717) is 23.7 Å². The Morgan fingerprint density at radius 2 is 1.89 bits per heavy atom. The Balaban J connectivity index is 2.60. The summed E-state index contributed by atoms with van der Waals surface area (Å²) in [7, 11) is 6.65. The fourth-order valence-electron chi connectivity index (χ4n) is 2.83. The van der Waals surface area contributed by atoms with Crippen molar-refractivity contribution in [1.82, 2.24) is 5.32 Å². The molecule has 0 bridgehead atoms. The van der Waals surface area contributed by atoms with Crippen molar-refractivity contribution in [3.8, 4) is 17.2 Å². The standard InChI is InChI=1S/C14H21NO4/c1-15-7-8-5-10(16)12-9(8)6-11(17-2)13(18-3)14(12)19-4/h6,8,10,15-16H,5,7H2,1-4H3. The number of nitrogens with one attached hydrogen (secondary N) is 1. The molecule has 0 saturated carbocycles. The van der Waals surface area contributed by atoms with Crippen molar-refractivity contribution < 1.29 is 19.3 Å². The highest BCUT2D eigenvalue weighted by Crippen LogP contribution is 2.52. The second-order valence-corrected chi connectivity index (χ2v) is 4.65. The Bertz CT molecular complexity index is 461. The molecule has 2 unspecified atom stereocenters. The van der Waals surface area contributed by atoms with Crippen molar-refractivity contribution in [1.29, 1.82) is 0 Å². The van der Waals surface area contributed by atoms with Gasteiger partial charge in [0.05, 0.1) is 27.4 Å². The zero-order chi connectivity index (χ0) is 14.0. The van der Waals surface area contributed by atoms with Crippen LogP contribution >= 0.6 is 0 Å². The molecule has 19 heavy (non-hydrogen) atoms. The average molecular weight is 267 g/mol. The summed E-state index contributed by atoms with van der Waals surface area (Å²) in [5, 5.41) is 13.4. The molecule has 0 aliphatic heterocycles. The van der Waals surface area contributed by atoms with Crippen molar-refractivity contribution in [2.24, 2.45) is 0 Å². The van der Waals surface area contributed by atoms with Crippen LogP contribution in [0.2, 0.25) is 0 Å². The molecule has 5 nitrogen and oxygen atoms in total. The lowest BCUT2D eigenvalue weighted by atomic mass is 10.00. The third kappa shape index (κ3) is 2.24. The molecule has 2 rings (SSSR count). The van der Waals surface area contributed by atoms with Gasteiger partial charge < -0.3 is 24.6 Å². The van der Waals surface area contributed by atoms with Gasteiger partial charge >= 0.3 is 0 Å². The Labute approximate surface area is 113 Å². The maximum atomic E-state index is 10.3. The van der Waals surface area contributed by atoms with E-state index in [2.05, 4.69) is 5.32 Å². The minimum Gasteiger partial charge on any atom is -0.493 e. The monoisotopic (exact) mass is 267 g/mol. The molecule has 0 fully saturated rings. The van der Waals surface area contributed by atoms with Gasteiger partial charge in [-0.3, -0.25) is 0 Å². The molecule has 2 N–H and O–H groups in total. The molecule has 0 radical (unpaired) electrons. The van der Waals surface area contributed by atoms with Crippen molar-refractivity contribution in [3.05, 3.63) is 17.2 Å². The van der Waals surface area contributed by atoms with Crippen LogP contribution < -0.4 is 19.5 Å². The smallest absolute Gasteiger partial charge is 0.203 e. The summed E-state index contributed by atoms with van der Waals surface area (Å²) < 4.78 is 16.1. The van der Waals surface area contributed by atoms with Gasteiger partial charge in [-0.05, 0) is 31.0 Å². The van der Waals surface area contributed by atoms with E-state index in [4.69, 9.17) is 14.2 Å². The lowest BCUT2D eigenvalue weighted by Gasteiger charge is -2.18. The second kappa shape index (κ2) is 5.67. The van der Waals surface area contributed by atoms with Gasteiger partial charge in [-0.25, -0.2) is 0 Å². The van der Waals surface area contributed by atoms with E-state index in [-0.39, 0.29) is 5.92 Å². The molecule has 0 heterocycles. The maximum Gasteiger partial charge on any atom is 0.203 e. The van der Waals surface area contributed by atoms with Crippen molar-refractivity contribution in [2.45, 2.75) is 18.4 Å². The first-order valence-electron chi connectivity index (χ1n) is 6.33. The van der Waals surface area contributed by atoms with Gasteiger partial charge in [0, 0.05) is 12.1 Å². The van der Waals surface area contributed by atoms with Gasteiger partial charge in [0.1, 0.15) is 0 Å². The van der Waals surface area contributed by atoms with Crippen LogP contribution in [0.5, 0.6) is 17.2 Å². The first-order chi connectivity index (χ1) is 9.17. The van der Waals surface area contributed by atoms with E-state index in [1.54, 1.807) is 21.3 Å². The van der Waals surface area contributed by atoms with E-state index in [9.17, 15) is 5.11 Å². The minimum atomic E-state index is -0.525. The number of methoxy groups -OCH3 is 3. The van der Waals surface area contributed by atoms with Gasteiger partial charge in [-0.2, -0.15) is 0 Å². The van der Waals surface area contributed by atoms with Gasteiger partial charge in [0.25, 0.3) is 0 Å². The molecule has 1 aliphatic carbocycles. The number of ether oxygens (including phenoxy) is 3. The molecule has 0 aromatic heterocycles. The van der Waals surface area contributed by atoms with E-state index < -0.39 is 6.10 Å². The van der Waals surface area contributed by atoms with Crippen molar-refractivity contribution >= 4 is 0 Å². The summed E-state index contributed by atoms with van der Waals surface area (Å²) in [6.07, 6.45) is 0.158. The largest absolute Gasteiger partial charge is 0.493 e. The van der Waals surface area contributed by atoms with Crippen LogP contribution in [0.1, 0.15) is 29.6 Å². The van der Waals surface area contributed by atoms with Gasteiger partial charge in [-0.15, -0.1) is 0 Å². The third-order valence-corrected chi connectivity index (χ3v) is 3.63. The summed E-state index contributed by atoms with van der Waals surface area (Å²) in [5.41, 5.74) is 1.89. The van der Waals surface area contributed by atoms with E-state index in [1.165, 1.54) is 0 Å². The van der Waals surface area contributed by atoms with Crippen LogP contribution in [0, 0.1) is 0 Å². The minimum absolute atomic E-state index is 0.253. The van der Waals surface area contributed by atoms with E-state index >= 15 is 0 Å². The van der Waals surface area contributed by atoms with Crippen molar-refractivity contribution in [3.63, 3.8) is 0 Å². The maximum absolute atomic E-state index is 10.3. The quantitative estimate of drug-likeness (QED) is 0.845. The lowest BCUT2D eigenvalue weighted by molar-refractivity contribution is 0.168. The normalized spacial score (nSPS) is 21.1. The number of fused-ring (bicyclic) bond motifs is 1. The van der Waals surface area contributed by atoms with Crippen LogP contribution in [-0.2, 0) is 0 Å². The van der Waals surface area contributed by atoms with Crippen LogP contribution in [0.25, 0.3) is 0 Å². The first kappa shape index (κ1) is 14.0. The molecule has 1 aromatic carbocycles. The number of rotatable bonds is 5. The molecular formula is C14H21NO4. The molecule has 5 heteroatoms. The molecule has 0 spiro atoms. The van der Waals surface area contributed by atoms with Crippen LogP contribution in [0.4, 0.5) is 0 Å². The summed E-state index contributed by atoms with van der Waals surface area (Å²) >= 11 is 0. The zero-order valence-electron chi connectivity index (χ0n) is 11.8. The Morgan fingerprint density at radius 1 is 1.21 bits per heavy atom. The van der Waals surface area contributed by atoms with Gasteiger partial charge in [0.15, 0.2) is 11.5 Å². The summed E-state index contributed by atoms with van der Waals surface area (Å²) in [4.78, 5) is 0. The highest BCUT2D eigenvalue weighted by atomic mass is 16.5. The number of benzene rings is 1. The molecule has 2 atom stereocenters. The van der Waals surface area contributed by atoms with E-state index in [0.717, 1.165) is 17.7 Å². The predicted molar refractivity (Wildman–Crippen MR) is 72.3 cm³/mol. The topological polar surface area (TPSA) is 60.0 Å². The number of likely N-dealkylation sites (N-methyl/N-ethyl adjacent to an activating group) is 1. The summed E-state index contributed by atoms with van der Waals surface area (Å²) in [6.45, 7) is 0.808. The number of aliphatic hydroxyl groups is 1. The van der Waals surface area contributed by atoms with Crippen molar-refractivity contribution in [2.75, 3.05) is 34.9 Å².